The van der Waals surface area contributed by atoms with Gasteiger partial charge in [-0.25, -0.2) is 4.98 Å². The molecule has 1 saturated carbocycles. The van der Waals surface area contributed by atoms with Crippen molar-refractivity contribution in [2.24, 2.45) is 5.92 Å². The molecule has 0 amide bonds. The molecule has 2 unspecified atom stereocenters. The van der Waals surface area contributed by atoms with Gasteiger partial charge in [-0.05, 0) is 58.1 Å². The molecular weight excluding hydrogens is 520 g/mol. The highest BCUT2D eigenvalue weighted by Crippen LogP contribution is 2.38. The van der Waals surface area contributed by atoms with Crippen LogP contribution in [0.4, 0.5) is 5.82 Å². The third-order valence-electron chi connectivity index (χ3n) is 10.2. The largest absolute Gasteiger partial charge is 0.481 e. The third-order valence-corrected chi connectivity index (χ3v) is 10.2. The van der Waals surface area contributed by atoms with Gasteiger partial charge in [0.25, 0.3) is 5.56 Å². The van der Waals surface area contributed by atoms with E-state index in [9.17, 15) is 14.7 Å². The number of hydrogen-bond donors (Lipinski definition) is 1. The van der Waals surface area contributed by atoms with Gasteiger partial charge in [0.05, 0.1) is 24.2 Å². The molecule has 1 N–H and O–H groups in total. The van der Waals surface area contributed by atoms with Crippen molar-refractivity contribution in [3.63, 3.8) is 0 Å². The van der Waals surface area contributed by atoms with Crippen LogP contribution < -0.4 is 10.5 Å². The Hall–Kier alpha value is -2.49. The first kappa shape index (κ1) is 28.6. The normalized spacial score (nSPS) is 28.6. The minimum Gasteiger partial charge on any atom is -0.481 e. The number of para-hydroxylation sites is 2. The van der Waals surface area contributed by atoms with Crippen LogP contribution in [0.5, 0.6) is 0 Å². The molecule has 0 bridgehead atoms. The van der Waals surface area contributed by atoms with E-state index in [0.717, 1.165) is 17.5 Å². The van der Waals surface area contributed by atoms with Crippen molar-refractivity contribution >= 4 is 22.8 Å². The van der Waals surface area contributed by atoms with Crippen LogP contribution in [-0.4, -0.2) is 75.7 Å². The Bertz CT molecular complexity index is 1280. The van der Waals surface area contributed by atoms with Crippen LogP contribution in [0.3, 0.4) is 0 Å². The summed E-state index contributed by atoms with van der Waals surface area (Å²) < 4.78 is 13.6. The van der Waals surface area contributed by atoms with Gasteiger partial charge in [0.15, 0.2) is 11.6 Å². The van der Waals surface area contributed by atoms with Crippen molar-refractivity contribution in [3.8, 4) is 0 Å². The van der Waals surface area contributed by atoms with Crippen LogP contribution in [0.2, 0.25) is 0 Å². The smallest absolute Gasteiger partial charge is 0.313 e. The fraction of sp³-hybridized carbons (Fsp3) is 0.719. The summed E-state index contributed by atoms with van der Waals surface area (Å²) >= 11 is 0. The Morgan fingerprint density at radius 2 is 1.78 bits per heavy atom. The first-order valence-corrected chi connectivity index (χ1v) is 15.9. The van der Waals surface area contributed by atoms with Crippen molar-refractivity contribution < 1.29 is 19.4 Å². The lowest BCUT2D eigenvalue weighted by atomic mass is 9.90. The summed E-state index contributed by atoms with van der Waals surface area (Å²) in [5.74, 6) is -2.66. The number of piperidine rings is 1. The maximum atomic E-state index is 14.3. The molecule has 4 heterocycles. The van der Waals surface area contributed by atoms with E-state index >= 15 is 0 Å². The lowest BCUT2D eigenvalue weighted by molar-refractivity contribution is -0.212. The van der Waals surface area contributed by atoms with E-state index in [0.29, 0.717) is 50.1 Å². The van der Waals surface area contributed by atoms with E-state index < -0.39 is 17.7 Å². The number of benzene rings is 1. The number of aromatic nitrogens is 2. The van der Waals surface area contributed by atoms with E-state index in [4.69, 9.17) is 14.5 Å². The van der Waals surface area contributed by atoms with Crippen LogP contribution in [0, 0.1) is 5.92 Å². The number of anilines is 1. The van der Waals surface area contributed by atoms with Crippen molar-refractivity contribution in [1.82, 2.24) is 14.5 Å². The standard InChI is InChI=1S/C32H46N4O5/c1-22-14-15-25(35(22)24-10-6-4-3-5-7-11-24)20-23(2)36-28-13-9-8-12-27(28)33-29(30(36)37)34-17-16-32(40-18-19-41-32)26(21-34)31(38)39/h8-9,12-13,22-26H,3-7,10-11,14-21H2,1-2H3,(H,38,39)/t22?,23-,25-,26?/m0/s1. The van der Waals surface area contributed by atoms with Gasteiger partial charge in [0.1, 0.15) is 5.92 Å². The Kier molecular flexibility index (Phi) is 8.39. The van der Waals surface area contributed by atoms with Crippen molar-refractivity contribution in [1.29, 1.82) is 0 Å². The molecule has 1 spiro atoms. The quantitative estimate of drug-likeness (QED) is 0.524. The first-order valence-electron chi connectivity index (χ1n) is 15.9. The zero-order valence-electron chi connectivity index (χ0n) is 24.7. The van der Waals surface area contributed by atoms with Crippen LogP contribution in [0.25, 0.3) is 11.0 Å². The van der Waals surface area contributed by atoms with Gasteiger partial charge in [0, 0.05) is 43.7 Å². The summed E-state index contributed by atoms with van der Waals surface area (Å²) in [7, 11) is 0. The fourth-order valence-corrected chi connectivity index (χ4v) is 8.20. The molecule has 9 nitrogen and oxygen atoms in total. The molecule has 224 valence electrons. The number of nitrogens with zero attached hydrogens (tertiary/aromatic N) is 4. The average molecular weight is 567 g/mol. The number of carboxylic acid groups (broad SMARTS) is 1. The van der Waals surface area contributed by atoms with Crippen molar-refractivity contribution in [3.05, 3.63) is 34.6 Å². The SMILES string of the molecule is CC1CC[C@@H](C[C@H](C)n2c(=O)c(N3CCC4(OCCO4)C(C(=O)O)C3)nc3ccccc32)N1C1CCCCCCC1. The molecule has 4 aliphatic rings. The maximum Gasteiger partial charge on any atom is 0.313 e. The molecule has 9 heteroatoms. The summed E-state index contributed by atoms with van der Waals surface area (Å²) in [5, 5.41) is 10.1. The summed E-state index contributed by atoms with van der Waals surface area (Å²) in [6.45, 7) is 5.91. The Balaban J connectivity index is 1.30. The summed E-state index contributed by atoms with van der Waals surface area (Å²) in [4.78, 5) is 36.0. The van der Waals surface area contributed by atoms with Gasteiger partial charge in [-0.1, -0.05) is 44.2 Å². The van der Waals surface area contributed by atoms with Crippen LogP contribution >= 0.6 is 0 Å². The van der Waals surface area contributed by atoms with Crippen LogP contribution in [0.1, 0.15) is 90.5 Å². The van der Waals surface area contributed by atoms with Crippen molar-refractivity contribution in [2.75, 3.05) is 31.2 Å². The Morgan fingerprint density at radius 1 is 1.07 bits per heavy atom. The topological polar surface area (TPSA) is 97.1 Å². The number of hydrogen-bond acceptors (Lipinski definition) is 7. The number of likely N-dealkylation sites (tertiary alicyclic amines) is 1. The highest BCUT2D eigenvalue weighted by molar-refractivity contribution is 5.77. The summed E-state index contributed by atoms with van der Waals surface area (Å²) in [6.07, 6.45) is 12.9. The zero-order valence-corrected chi connectivity index (χ0v) is 24.7. The Morgan fingerprint density at radius 3 is 2.51 bits per heavy atom. The number of rotatable bonds is 6. The molecule has 3 aliphatic heterocycles. The predicted octanol–water partition coefficient (Wildman–Crippen LogP) is 4.97. The second-order valence-electron chi connectivity index (χ2n) is 12.8. The molecular formula is C32H46N4O5. The van der Waals surface area contributed by atoms with Gasteiger partial charge < -0.3 is 24.0 Å². The van der Waals surface area contributed by atoms with Gasteiger partial charge in [-0.2, -0.15) is 0 Å². The number of aliphatic carboxylic acids is 1. The maximum absolute atomic E-state index is 14.3. The van der Waals surface area contributed by atoms with E-state index in [-0.39, 0.29) is 18.1 Å². The van der Waals surface area contributed by atoms with Gasteiger partial charge >= 0.3 is 5.97 Å². The number of carboxylic acids is 1. The lowest BCUT2D eigenvalue weighted by Gasteiger charge is -2.42. The number of fused-ring (bicyclic) bond motifs is 1. The third kappa shape index (κ3) is 5.53. The monoisotopic (exact) mass is 566 g/mol. The minimum atomic E-state index is -1.12. The average Bonchev–Trinajstić information content (AvgIpc) is 3.55. The zero-order chi connectivity index (χ0) is 28.6. The molecule has 2 aromatic rings. The molecule has 4 fully saturated rings. The molecule has 0 radical (unpaired) electrons. The fourth-order valence-electron chi connectivity index (χ4n) is 8.20. The van der Waals surface area contributed by atoms with E-state index in [1.165, 1.54) is 57.8 Å². The molecule has 1 aliphatic carbocycles. The highest BCUT2D eigenvalue weighted by atomic mass is 16.7. The minimum absolute atomic E-state index is 0.0200. The van der Waals surface area contributed by atoms with Gasteiger partial charge in [0.2, 0.25) is 0 Å². The second kappa shape index (κ2) is 12.0. The molecule has 6 rings (SSSR count). The predicted molar refractivity (Wildman–Crippen MR) is 158 cm³/mol. The molecule has 41 heavy (non-hydrogen) atoms. The van der Waals surface area contributed by atoms with E-state index in [2.05, 4.69) is 18.7 Å². The second-order valence-corrected chi connectivity index (χ2v) is 12.8. The molecule has 1 aromatic carbocycles. The molecule has 4 atom stereocenters. The number of ether oxygens (including phenoxy) is 2. The summed E-state index contributed by atoms with van der Waals surface area (Å²) in [5.41, 5.74) is 1.45. The first-order chi connectivity index (χ1) is 19.9. The van der Waals surface area contributed by atoms with Crippen LogP contribution in [-0.2, 0) is 14.3 Å². The van der Waals surface area contributed by atoms with E-state index in [1.54, 1.807) is 0 Å². The Labute approximate surface area is 242 Å². The summed E-state index contributed by atoms with van der Waals surface area (Å²) in [6, 6.07) is 9.49. The number of carbonyl (C=O) groups is 1. The van der Waals surface area contributed by atoms with Gasteiger partial charge in [-0.3, -0.25) is 14.5 Å². The van der Waals surface area contributed by atoms with E-state index in [1.807, 2.05) is 33.7 Å². The van der Waals surface area contributed by atoms with Crippen LogP contribution in [0.15, 0.2) is 29.1 Å². The van der Waals surface area contributed by atoms with Gasteiger partial charge in [-0.15, -0.1) is 0 Å². The highest BCUT2D eigenvalue weighted by Gasteiger charge is 2.52. The lowest BCUT2D eigenvalue weighted by Crippen LogP contribution is -2.56. The molecule has 3 saturated heterocycles. The van der Waals surface area contributed by atoms with Crippen molar-refractivity contribution in [2.45, 2.75) is 114 Å². The molecule has 1 aromatic heterocycles.